The van der Waals surface area contributed by atoms with Gasteiger partial charge in [0, 0.05) is 3.57 Å². The maximum absolute atomic E-state index is 14.5. The van der Waals surface area contributed by atoms with Crippen LogP contribution in [-0.2, 0) is 14.3 Å². The molecule has 30 heavy (non-hydrogen) atoms. The Hall–Kier alpha value is -1.60. The first kappa shape index (κ1) is 23.1. The minimum Gasteiger partial charge on any atom is -0.350 e. The lowest BCUT2D eigenvalue weighted by Crippen LogP contribution is -2.31. The Morgan fingerprint density at radius 3 is 2.67 bits per heavy atom. The summed E-state index contributed by atoms with van der Waals surface area (Å²) in [5.74, 6) is -5.19. The molecule has 162 valence electrons. The summed E-state index contributed by atoms with van der Waals surface area (Å²) in [6.07, 6.45) is -0.424. The molecule has 2 aromatic rings. The van der Waals surface area contributed by atoms with Crippen molar-refractivity contribution in [3.8, 4) is 0 Å². The van der Waals surface area contributed by atoms with Crippen LogP contribution in [0.1, 0.15) is 24.2 Å². The molecule has 1 aliphatic heterocycles. The lowest BCUT2D eigenvalue weighted by molar-refractivity contribution is -0.147. The van der Waals surface area contributed by atoms with Gasteiger partial charge in [0.05, 0.1) is 28.6 Å². The van der Waals surface area contributed by atoms with Crippen LogP contribution in [0.25, 0.3) is 0 Å². The van der Waals surface area contributed by atoms with E-state index in [0.29, 0.717) is 3.57 Å². The Kier molecular flexibility index (Phi) is 7.13. The molecule has 11 heteroatoms. The van der Waals surface area contributed by atoms with Crippen LogP contribution in [0.5, 0.6) is 0 Å². The first-order chi connectivity index (χ1) is 14.1. The van der Waals surface area contributed by atoms with E-state index in [0.717, 1.165) is 6.07 Å². The minimum absolute atomic E-state index is 0.0406. The van der Waals surface area contributed by atoms with Crippen molar-refractivity contribution in [2.75, 3.05) is 18.5 Å². The molecule has 3 rings (SSSR count). The molecule has 0 bridgehead atoms. The summed E-state index contributed by atoms with van der Waals surface area (Å²) in [5.41, 5.74) is 1.01. The summed E-state index contributed by atoms with van der Waals surface area (Å²) in [6.45, 7) is 3.69. The van der Waals surface area contributed by atoms with Crippen LogP contribution >= 0.6 is 34.2 Å². The van der Waals surface area contributed by atoms with Crippen LogP contribution in [0, 0.1) is 21.0 Å². The molecule has 0 saturated carbocycles. The molecule has 0 radical (unpaired) electrons. The van der Waals surface area contributed by atoms with Crippen LogP contribution < -0.4 is 10.8 Å². The highest BCUT2D eigenvalue weighted by Crippen LogP contribution is 2.32. The molecule has 1 aliphatic rings. The smallest absolute Gasteiger partial charge is 0.277 e. The molecule has 0 aliphatic carbocycles. The van der Waals surface area contributed by atoms with Crippen molar-refractivity contribution in [1.82, 2.24) is 5.48 Å². The summed E-state index contributed by atoms with van der Waals surface area (Å²) in [6, 6.07) is 5.01. The monoisotopic (exact) mass is 556 g/mol. The van der Waals surface area contributed by atoms with Gasteiger partial charge >= 0.3 is 0 Å². The molecule has 1 atom stereocenters. The van der Waals surface area contributed by atoms with Crippen molar-refractivity contribution < 1.29 is 32.3 Å². The zero-order chi connectivity index (χ0) is 22.1. The van der Waals surface area contributed by atoms with E-state index in [1.54, 1.807) is 19.9 Å². The number of benzene rings is 2. The minimum atomic E-state index is -1.43. The molecular weight excluding hydrogens is 540 g/mol. The molecule has 0 aromatic heterocycles. The Labute approximate surface area is 189 Å². The number of halogens is 5. The van der Waals surface area contributed by atoms with Crippen molar-refractivity contribution in [2.24, 2.45) is 0 Å². The number of ether oxygens (including phenoxy) is 2. The van der Waals surface area contributed by atoms with E-state index >= 15 is 0 Å². The Morgan fingerprint density at radius 1 is 1.30 bits per heavy atom. The maximum Gasteiger partial charge on any atom is 0.277 e. The quantitative estimate of drug-likeness (QED) is 0.301. The van der Waals surface area contributed by atoms with E-state index in [9.17, 15) is 18.0 Å². The molecule has 1 fully saturated rings. The number of hydroxylamine groups is 1. The number of hydrogen-bond acceptors (Lipinski definition) is 5. The first-order valence-corrected chi connectivity index (χ1v) is 10.2. The van der Waals surface area contributed by atoms with Crippen LogP contribution in [-0.4, -0.2) is 31.0 Å². The summed E-state index contributed by atoms with van der Waals surface area (Å²) in [5, 5.41) is 1.80. The van der Waals surface area contributed by atoms with E-state index in [2.05, 4.69) is 10.8 Å². The number of anilines is 2. The van der Waals surface area contributed by atoms with Gasteiger partial charge in [-0.05, 0) is 60.7 Å². The fourth-order valence-electron chi connectivity index (χ4n) is 2.72. The van der Waals surface area contributed by atoms with E-state index < -0.39 is 46.0 Å². The van der Waals surface area contributed by atoms with Gasteiger partial charge in [-0.25, -0.2) is 18.7 Å². The van der Waals surface area contributed by atoms with Crippen LogP contribution in [0.2, 0.25) is 5.02 Å². The van der Waals surface area contributed by atoms with Gasteiger partial charge in [-0.15, -0.1) is 0 Å². The highest BCUT2D eigenvalue weighted by atomic mass is 127. The highest BCUT2D eigenvalue weighted by Gasteiger charge is 2.33. The van der Waals surface area contributed by atoms with Crippen molar-refractivity contribution in [1.29, 1.82) is 0 Å². The van der Waals surface area contributed by atoms with Gasteiger partial charge in [0.1, 0.15) is 18.5 Å². The van der Waals surface area contributed by atoms with Crippen LogP contribution in [0.4, 0.5) is 24.5 Å². The predicted octanol–water partition coefficient (Wildman–Crippen LogP) is 4.92. The fraction of sp³-hybridized carbons (Fsp3) is 0.316. The zero-order valence-corrected chi connectivity index (χ0v) is 18.7. The number of amides is 1. The van der Waals surface area contributed by atoms with E-state index in [1.165, 1.54) is 12.1 Å². The molecule has 2 aromatic carbocycles. The average Bonchev–Trinajstić information content (AvgIpc) is 3.02. The second kappa shape index (κ2) is 9.27. The third-order valence-corrected chi connectivity index (χ3v) is 5.05. The molecule has 1 heterocycles. The van der Waals surface area contributed by atoms with Gasteiger partial charge in [0.2, 0.25) is 0 Å². The van der Waals surface area contributed by atoms with Gasteiger partial charge in [0.15, 0.2) is 17.4 Å². The molecule has 1 unspecified atom stereocenters. The van der Waals surface area contributed by atoms with E-state index in [1.807, 2.05) is 22.6 Å². The largest absolute Gasteiger partial charge is 0.350 e. The lowest BCUT2D eigenvalue weighted by atomic mass is 10.1. The van der Waals surface area contributed by atoms with Crippen molar-refractivity contribution in [3.05, 3.63) is 55.9 Å². The van der Waals surface area contributed by atoms with Crippen LogP contribution in [0.3, 0.4) is 0 Å². The van der Waals surface area contributed by atoms with Gasteiger partial charge < -0.3 is 14.8 Å². The predicted molar refractivity (Wildman–Crippen MR) is 112 cm³/mol. The molecule has 0 spiro atoms. The summed E-state index contributed by atoms with van der Waals surface area (Å²) in [7, 11) is 0. The number of nitrogens with one attached hydrogen (secondary N) is 2. The molecule has 1 saturated heterocycles. The normalized spacial score (nSPS) is 17.8. The molecule has 6 nitrogen and oxygen atoms in total. The number of rotatable bonds is 6. The molecule has 2 N–H and O–H groups in total. The van der Waals surface area contributed by atoms with Gasteiger partial charge in [0.25, 0.3) is 5.91 Å². The SMILES string of the molecule is CC1(C)OCC(CONC(=O)c2cc(Cl)c(F)c(F)c2Nc2ccc(I)cc2F)O1. The highest BCUT2D eigenvalue weighted by molar-refractivity contribution is 14.1. The third kappa shape index (κ3) is 5.35. The fourth-order valence-corrected chi connectivity index (χ4v) is 3.37. The Morgan fingerprint density at radius 2 is 2.03 bits per heavy atom. The number of hydrogen-bond donors (Lipinski definition) is 2. The van der Waals surface area contributed by atoms with Gasteiger partial charge in [-0.2, -0.15) is 0 Å². The van der Waals surface area contributed by atoms with E-state index in [-0.39, 0.29) is 24.5 Å². The summed E-state index contributed by atoms with van der Waals surface area (Å²) >= 11 is 7.58. The maximum atomic E-state index is 14.5. The molecular formula is C19H17ClF3IN2O4. The topological polar surface area (TPSA) is 68.8 Å². The first-order valence-electron chi connectivity index (χ1n) is 8.71. The van der Waals surface area contributed by atoms with Gasteiger partial charge in [-0.1, -0.05) is 11.6 Å². The lowest BCUT2D eigenvalue weighted by Gasteiger charge is -2.17. The summed E-state index contributed by atoms with van der Waals surface area (Å²) < 4.78 is 54.2. The van der Waals surface area contributed by atoms with Gasteiger partial charge in [-0.3, -0.25) is 9.63 Å². The zero-order valence-electron chi connectivity index (χ0n) is 15.8. The van der Waals surface area contributed by atoms with E-state index in [4.69, 9.17) is 25.9 Å². The van der Waals surface area contributed by atoms with Crippen molar-refractivity contribution in [3.63, 3.8) is 0 Å². The standard InChI is InChI=1S/C19H17ClF3IN2O4/c1-19(2)28-7-10(30-19)8-29-26-18(27)11-6-12(20)15(22)16(23)17(11)25-14-4-3-9(24)5-13(14)21/h3-6,10,25H,7-8H2,1-2H3,(H,26,27). The van der Waals surface area contributed by atoms with Crippen molar-refractivity contribution >= 4 is 51.5 Å². The Balaban J connectivity index is 1.78. The second-order valence-corrected chi connectivity index (χ2v) is 8.50. The number of carbonyl (C=O) groups is 1. The Bertz CT molecular complexity index is 977. The average molecular weight is 557 g/mol. The van der Waals surface area contributed by atoms with Crippen LogP contribution in [0.15, 0.2) is 24.3 Å². The molecule has 1 amide bonds. The van der Waals surface area contributed by atoms with Crippen molar-refractivity contribution in [2.45, 2.75) is 25.7 Å². The number of carbonyl (C=O) groups excluding carboxylic acids is 1. The summed E-state index contributed by atoms with van der Waals surface area (Å²) in [4.78, 5) is 17.6. The third-order valence-electron chi connectivity index (χ3n) is 4.10. The second-order valence-electron chi connectivity index (χ2n) is 6.85.